The number of H-pyrrole nitrogens is 1. The largest absolute Gasteiger partial charge is 0.466 e. The summed E-state index contributed by atoms with van der Waals surface area (Å²) in [5, 5.41) is 7.90. The van der Waals surface area contributed by atoms with E-state index >= 15 is 0 Å². The van der Waals surface area contributed by atoms with Crippen LogP contribution < -0.4 is 5.73 Å². The van der Waals surface area contributed by atoms with Gasteiger partial charge in [-0.2, -0.15) is 5.10 Å². The van der Waals surface area contributed by atoms with Crippen LogP contribution in [-0.2, 0) is 25.5 Å². The molecule has 0 amide bonds. The predicted molar refractivity (Wildman–Crippen MR) is 94.1 cm³/mol. The van der Waals surface area contributed by atoms with Crippen molar-refractivity contribution in [3.63, 3.8) is 0 Å². The van der Waals surface area contributed by atoms with Crippen LogP contribution in [-0.4, -0.2) is 40.9 Å². The molecule has 0 aliphatic rings. The standard InChI is InChI=1S/C18H25N3O4/c1-5-24-15(22)9-11-6-7-14-12(8-11)16(21-20-14)13(10-19)17(23)25-18(2,3)4/h6-8,13H,5,9-10,19H2,1-4H3,(H,20,21). The van der Waals surface area contributed by atoms with Gasteiger partial charge < -0.3 is 15.2 Å². The van der Waals surface area contributed by atoms with Crippen molar-refractivity contribution in [3.05, 3.63) is 29.5 Å². The van der Waals surface area contributed by atoms with Gasteiger partial charge in [0.05, 0.1) is 24.2 Å². The summed E-state index contributed by atoms with van der Waals surface area (Å²) in [7, 11) is 0. The van der Waals surface area contributed by atoms with E-state index in [4.69, 9.17) is 15.2 Å². The molecule has 2 aromatic rings. The smallest absolute Gasteiger partial charge is 0.316 e. The molecule has 1 aromatic heterocycles. The number of fused-ring (bicyclic) bond motifs is 1. The molecule has 0 aliphatic carbocycles. The topological polar surface area (TPSA) is 107 Å². The molecule has 25 heavy (non-hydrogen) atoms. The van der Waals surface area contributed by atoms with Crippen molar-refractivity contribution in [2.45, 2.75) is 45.6 Å². The van der Waals surface area contributed by atoms with Crippen LogP contribution in [0.15, 0.2) is 18.2 Å². The Labute approximate surface area is 146 Å². The van der Waals surface area contributed by atoms with Crippen LogP contribution in [0.2, 0.25) is 0 Å². The first-order chi connectivity index (χ1) is 11.7. The molecule has 2 rings (SSSR count). The number of aromatic amines is 1. The van der Waals surface area contributed by atoms with Gasteiger partial charge in [0.2, 0.25) is 0 Å². The molecule has 7 heteroatoms. The number of hydrogen-bond donors (Lipinski definition) is 2. The minimum Gasteiger partial charge on any atom is -0.466 e. The molecule has 0 fully saturated rings. The third kappa shape index (κ3) is 4.79. The van der Waals surface area contributed by atoms with E-state index in [0.717, 1.165) is 16.5 Å². The molecule has 7 nitrogen and oxygen atoms in total. The molecular formula is C18H25N3O4. The van der Waals surface area contributed by atoms with Gasteiger partial charge in [-0.15, -0.1) is 0 Å². The van der Waals surface area contributed by atoms with Crippen LogP contribution in [0.25, 0.3) is 10.9 Å². The van der Waals surface area contributed by atoms with Crippen LogP contribution in [0, 0.1) is 0 Å². The number of ether oxygens (including phenoxy) is 2. The Morgan fingerprint density at radius 3 is 2.64 bits per heavy atom. The third-order valence-electron chi connectivity index (χ3n) is 3.57. The zero-order valence-corrected chi connectivity index (χ0v) is 15.1. The molecule has 1 atom stereocenters. The SMILES string of the molecule is CCOC(=O)Cc1ccc2[nH]nc(C(CN)C(=O)OC(C)(C)C)c2c1. The van der Waals surface area contributed by atoms with E-state index in [1.54, 1.807) is 27.7 Å². The van der Waals surface area contributed by atoms with Gasteiger partial charge in [-0.3, -0.25) is 14.7 Å². The van der Waals surface area contributed by atoms with Gasteiger partial charge in [-0.25, -0.2) is 0 Å². The molecule has 1 aromatic carbocycles. The molecule has 0 spiro atoms. The number of aromatic nitrogens is 2. The van der Waals surface area contributed by atoms with Gasteiger partial charge in [-0.05, 0) is 45.4 Å². The Bertz CT molecular complexity index is 761. The molecule has 0 radical (unpaired) electrons. The second kappa shape index (κ2) is 7.65. The third-order valence-corrected chi connectivity index (χ3v) is 3.57. The Hall–Kier alpha value is -2.41. The monoisotopic (exact) mass is 347 g/mol. The van der Waals surface area contributed by atoms with Gasteiger partial charge >= 0.3 is 11.9 Å². The summed E-state index contributed by atoms with van der Waals surface area (Å²) >= 11 is 0. The van der Waals surface area contributed by atoms with Crippen LogP contribution >= 0.6 is 0 Å². The highest BCUT2D eigenvalue weighted by Crippen LogP contribution is 2.26. The first kappa shape index (κ1) is 18.9. The molecule has 0 saturated heterocycles. The van der Waals surface area contributed by atoms with E-state index < -0.39 is 17.5 Å². The van der Waals surface area contributed by atoms with Crippen LogP contribution in [0.5, 0.6) is 0 Å². The highest BCUT2D eigenvalue weighted by molar-refractivity contribution is 5.89. The number of nitrogens with two attached hydrogens (primary N) is 1. The second-order valence-corrected chi connectivity index (χ2v) is 6.79. The molecule has 0 aliphatic heterocycles. The quantitative estimate of drug-likeness (QED) is 0.775. The Kier molecular flexibility index (Phi) is 5.79. The fourth-order valence-corrected chi connectivity index (χ4v) is 2.53. The maximum atomic E-state index is 12.4. The highest BCUT2D eigenvalue weighted by atomic mass is 16.6. The number of nitrogens with zero attached hydrogens (tertiary/aromatic N) is 1. The summed E-state index contributed by atoms with van der Waals surface area (Å²) < 4.78 is 10.4. The zero-order valence-electron chi connectivity index (χ0n) is 15.1. The molecule has 0 saturated carbocycles. The van der Waals surface area contributed by atoms with Crippen LogP contribution in [0.3, 0.4) is 0 Å². The van der Waals surface area contributed by atoms with Gasteiger partial charge in [-0.1, -0.05) is 6.07 Å². The summed E-state index contributed by atoms with van der Waals surface area (Å²) in [5.41, 5.74) is 7.28. The van der Waals surface area contributed by atoms with E-state index in [0.29, 0.717) is 12.3 Å². The van der Waals surface area contributed by atoms with E-state index in [1.165, 1.54) is 0 Å². The van der Waals surface area contributed by atoms with E-state index in [1.807, 2.05) is 18.2 Å². The van der Waals surface area contributed by atoms with E-state index in [-0.39, 0.29) is 18.9 Å². The number of carbonyl (C=O) groups is 2. The lowest BCUT2D eigenvalue weighted by atomic mass is 9.99. The maximum absolute atomic E-state index is 12.4. The summed E-state index contributed by atoms with van der Waals surface area (Å²) in [6.45, 7) is 7.60. The summed E-state index contributed by atoms with van der Waals surface area (Å²) in [6.07, 6.45) is 0.161. The minimum atomic E-state index is -0.675. The molecule has 1 unspecified atom stereocenters. The van der Waals surface area contributed by atoms with Gasteiger partial charge in [0, 0.05) is 11.9 Å². The number of hydrogen-bond acceptors (Lipinski definition) is 6. The van der Waals surface area contributed by atoms with Crippen LogP contribution in [0.4, 0.5) is 0 Å². The van der Waals surface area contributed by atoms with Crippen molar-refractivity contribution in [2.24, 2.45) is 5.73 Å². The lowest BCUT2D eigenvalue weighted by Crippen LogP contribution is -2.31. The normalized spacial score (nSPS) is 12.8. The Morgan fingerprint density at radius 2 is 2.04 bits per heavy atom. The second-order valence-electron chi connectivity index (χ2n) is 6.79. The predicted octanol–water partition coefficient (Wildman–Crippen LogP) is 2.05. The molecule has 0 bridgehead atoms. The minimum absolute atomic E-state index is 0.0803. The molecule has 3 N–H and O–H groups in total. The fraction of sp³-hybridized carbons (Fsp3) is 0.500. The lowest BCUT2D eigenvalue weighted by Gasteiger charge is -2.22. The number of benzene rings is 1. The van der Waals surface area contributed by atoms with Gasteiger partial charge in [0.1, 0.15) is 11.5 Å². The van der Waals surface area contributed by atoms with Crippen molar-refractivity contribution in [2.75, 3.05) is 13.2 Å². The molecule has 1 heterocycles. The van der Waals surface area contributed by atoms with Gasteiger partial charge in [0.15, 0.2) is 0 Å². The van der Waals surface area contributed by atoms with Crippen molar-refractivity contribution < 1.29 is 19.1 Å². The first-order valence-corrected chi connectivity index (χ1v) is 8.30. The number of nitrogens with one attached hydrogen (secondary N) is 1. The van der Waals surface area contributed by atoms with E-state index in [2.05, 4.69) is 10.2 Å². The zero-order chi connectivity index (χ0) is 18.6. The molecular weight excluding hydrogens is 322 g/mol. The highest BCUT2D eigenvalue weighted by Gasteiger charge is 2.29. The molecule has 136 valence electrons. The number of esters is 2. The summed E-state index contributed by atoms with van der Waals surface area (Å²) in [5.74, 6) is -1.39. The Morgan fingerprint density at radius 1 is 1.32 bits per heavy atom. The summed E-state index contributed by atoms with van der Waals surface area (Å²) in [6, 6.07) is 5.48. The van der Waals surface area contributed by atoms with E-state index in [9.17, 15) is 9.59 Å². The van der Waals surface area contributed by atoms with Crippen molar-refractivity contribution >= 4 is 22.8 Å². The first-order valence-electron chi connectivity index (χ1n) is 8.30. The van der Waals surface area contributed by atoms with Crippen molar-refractivity contribution in [1.82, 2.24) is 10.2 Å². The lowest BCUT2D eigenvalue weighted by molar-refractivity contribution is -0.156. The van der Waals surface area contributed by atoms with Crippen LogP contribution in [0.1, 0.15) is 44.9 Å². The van der Waals surface area contributed by atoms with Crippen molar-refractivity contribution in [3.8, 4) is 0 Å². The fourth-order valence-electron chi connectivity index (χ4n) is 2.53. The number of carbonyl (C=O) groups excluding carboxylic acids is 2. The number of rotatable bonds is 6. The Balaban J connectivity index is 2.33. The summed E-state index contributed by atoms with van der Waals surface area (Å²) in [4.78, 5) is 24.1. The average Bonchev–Trinajstić information content (AvgIpc) is 2.90. The van der Waals surface area contributed by atoms with Crippen molar-refractivity contribution in [1.29, 1.82) is 0 Å². The van der Waals surface area contributed by atoms with Gasteiger partial charge in [0.25, 0.3) is 0 Å². The maximum Gasteiger partial charge on any atom is 0.316 e. The average molecular weight is 347 g/mol.